The maximum atomic E-state index is 12.0. The molecule has 0 spiro atoms. The summed E-state index contributed by atoms with van der Waals surface area (Å²) in [6.07, 6.45) is 0. The smallest absolute Gasteiger partial charge is 0.339 e. The molecule has 4 nitrogen and oxygen atoms in total. The van der Waals surface area contributed by atoms with E-state index < -0.39 is 10.1 Å². The van der Waals surface area contributed by atoms with Crippen LogP contribution in [0.4, 0.5) is 0 Å². The van der Waals surface area contributed by atoms with E-state index in [9.17, 15) is 13.2 Å². The van der Waals surface area contributed by atoms with Gasteiger partial charge in [0.1, 0.15) is 10.6 Å². The van der Waals surface area contributed by atoms with Crippen molar-refractivity contribution in [3.8, 4) is 5.75 Å². The zero-order chi connectivity index (χ0) is 13.9. The van der Waals surface area contributed by atoms with Crippen LogP contribution >= 0.6 is 0 Å². The minimum atomic E-state index is -3.88. The monoisotopic (exact) mass is 276 g/mol. The molecule has 0 aromatic heterocycles. The van der Waals surface area contributed by atoms with Crippen LogP contribution in [0.5, 0.6) is 5.75 Å². The summed E-state index contributed by atoms with van der Waals surface area (Å²) in [4.78, 5) is 11.2. The van der Waals surface area contributed by atoms with E-state index in [0.29, 0.717) is 0 Å². The molecule has 0 aliphatic heterocycles. The van der Waals surface area contributed by atoms with Crippen molar-refractivity contribution in [2.45, 2.75) is 11.8 Å². The summed E-state index contributed by atoms with van der Waals surface area (Å²) >= 11 is 0. The number of hydrogen-bond acceptors (Lipinski definition) is 4. The fourth-order valence-electron chi connectivity index (χ4n) is 1.45. The van der Waals surface area contributed by atoms with Crippen LogP contribution in [-0.2, 0) is 10.1 Å². The van der Waals surface area contributed by atoms with E-state index in [0.717, 1.165) is 5.56 Å². The average Bonchev–Trinajstić information content (AvgIpc) is 2.54. The molecule has 0 heterocycles. The van der Waals surface area contributed by atoms with Gasteiger partial charge in [0.05, 0.1) is 0 Å². The van der Waals surface area contributed by atoms with Gasteiger partial charge in [-0.25, -0.2) is 0 Å². The molecule has 0 aliphatic rings. The van der Waals surface area contributed by atoms with E-state index >= 15 is 0 Å². The largest absolute Gasteiger partial charge is 0.379 e. The third kappa shape index (κ3) is 3.42. The standard InChI is InChI=1S/C14H12O4S/c1-11-5-9-14(10-6-11)19(16,17)18-13-4-2-3-12(15)7-8-13/h2-10H,1H3. The second kappa shape index (κ2) is 5.24. The summed E-state index contributed by atoms with van der Waals surface area (Å²) in [5, 5.41) is 0. The van der Waals surface area contributed by atoms with Crippen LogP contribution in [0.2, 0.25) is 0 Å². The van der Waals surface area contributed by atoms with Crippen LogP contribution in [0.25, 0.3) is 0 Å². The maximum Gasteiger partial charge on any atom is 0.339 e. The van der Waals surface area contributed by atoms with Crippen LogP contribution < -0.4 is 9.61 Å². The SMILES string of the molecule is Cc1ccc(S(=O)(=O)Oc2cccc(=O)cc2)cc1. The van der Waals surface area contributed by atoms with Gasteiger partial charge >= 0.3 is 10.1 Å². The van der Waals surface area contributed by atoms with Crippen molar-refractivity contribution in [2.24, 2.45) is 0 Å². The molecule has 0 atom stereocenters. The zero-order valence-electron chi connectivity index (χ0n) is 10.2. The van der Waals surface area contributed by atoms with E-state index in [1.807, 2.05) is 6.92 Å². The Morgan fingerprint density at radius 1 is 0.895 bits per heavy atom. The number of aryl methyl sites for hydroxylation is 1. The van der Waals surface area contributed by atoms with Gasteiger partial charge in [-0.15, -0.1) is 0 Å². The summed E-state index contributed by atoms with van der Waals surface area (Å²) < 4.78 is 29.0. The van der Waals surface area contributed by atoms with E-state index in [1.54, 1.807) is 12.1 Å². The first-order valence-electron chi connectivity index (χ1n) is 5.59. The van der Waals surface area contributed by atoms with Crippen molar-refractivity contribution in [3.63, 3.8) is 0 Å². The predicted molar refractivity (Wildman–Crippen MR) is 71.7 cm³/mol. The van der Waals surface area contributed by atoms with Gasteiger partial charge in [0, 0.05) is 0 Å². The Labute approximate surface area is 111 Å². The molecule has 0 N–H and O–H groups in total. The van der Waals surface area contributed by atoms with Gasteiger partial charge in [-0.05, 0) is 43.3 Å². The highest BCUT2D eigenvalue weighted by Crippen LogP contribution is 2.17. The van der Waals surface area contributed by atoms with Crippen molar-refractivity contribution < 1.29 is 12.6 Å². The second-order valence-electron chi connectivity index (χ2n) is 4.01. The topological polar surface area (TPSA) is 60.4 Å². The fourth-order valence-corrected chi connectivity index (χ4v) is 2.38. The van der Waals surface area contributed by atoms with Gasteiger partial charge in [0.15, 0.2) is 5.43 Å². The maximum absolute atomic E-state index is 12.0. The molecular weight excluding hydrogens is 264 g/mol. The van der Waals surface area contributed by atoms with E-state index in [2.05, 4.69) is 0 Å². The lowest BCUT2D eigenvalue weighted by Crippen LogP contribution is -2.09. The lowest BCUT2D eigenvalue weighted by Gasteiger charge is -2.05. The molecule has 0 bridgehead atoms. The van der Waals surface area contributed by atoms with Crippen molar-refractivity contribution in [3.05, 3.63) is 70.4 Å². The van der Waals surface area contributed by atoms with Gasteiger partial charge < -0.3 is 4.18 Å². The lowest BCUT2D eigenvalue weighted by molar-refractivity contribution is 0.486. The van der Waals surface area contributed by atoms with Crippen LogP contribution in [0.15, 0.2) is 64.3 Å². The molecule has 2 aromatic carbocycles. The van der Waals surface area contributed by atoms with Crippen LogP contribution in [0, 0.1) is 6.92 Å². The minimum Gasteiger partial charge on any atom is -0.379 e. The highest BCUT2D eigenvalue weighted by molar-refractivity contribution is 7.87. The van der Waals surface area contributed by atoms with Crippen LogP contribution in [0.1, 0.15) is 5.56 Å². The van der Waals surface area contributed by atoms with Gasteiger partial charge in [-0.2, -0.15) is 8.42 Å². The Hall–Kier alpha value is -2.14. The number of rotatable bonds is 3. The molecule has 98 valence electrons. The molecule has 0 saturated carbocycles. The first kappa shape index (κ1) is 13.3. The third-order valence-electron chi connectivity index (χ3n) is 2.45. The summed E-state index contributed by atoms with van der Waals surface area (Å²) in [7, 11) is -3.88. The van der Waals surface area contributed by atoms with Gasteiger partial charge in [0.25, 0.3) is 0 Å². The molecular formula is C14H12O4S. The van der Waals surface area contributed by atoms with Crippen LogP contribution in [0.3, 0.4) is 0 Å². The second-order valence-corrected chi connectivity index (χ2v) is 5.56. The summed E-state index contributed by atoms with van der Waals surface area (Å²) in [6, 6.07) is 13.1. The van der Waals surface area contributed by atoms with Gasteiger partial charge in [-0.1, -0.05) is 23.8 Å². The van der Waals surface area contributed by atoms with Crippen molar-refractivity contribution in [2.75, 3.05) is 0 Å². The molecule has 0 saturated heterocycles. The molecule has 0 fully saturated rings. The zero-order valence-corrected chi connectivity index (χ0v) is 11.1. The molecule has 2 rings (SSSR count). The minimum absolute atomic E-state index is 0.0759. The third-order valence-corrected chi connectivity index (χ3v) is 3.71. The molecule has 2 aromatic rings. The van der Waals surface area contributed by atoms with Crippen molar-refractivity contribution in [1.82, 2.24) is 0 Å². The Balaban J connectivity index is 2.34. The number of benzene rings is 1. The summed E-state index contributed by atoms with van der Waals surface area (Å²) in [5.74, 6) is 0.0997. The van der Waals surface area contributed by atoms with E-state index in [-0.39, 0.29) is 16.1 Å². The molecule has 0 unspecified atom stereocenters. The van der Waals surface area contributed by atoms with Crippen LogP contribution in [-0.4, -0.2) is 8.42 Å². The van der Waals surface area contributed by atoms with Crippen molar-refractivity contribution >= 4 is 10.1 Å². The molecule has 0 amide bonds. The molecule has 0 radical (unpaired) electrons. The highest BCUT2D eigenvalue weighted by Gasteiger charge is 2.15. The Morgan fingerprint density at radius 2 is 1.58 bits per heavy atom. The summed E-state index contributed by atoms with van der Waals surface area (Å²) in [5.41, 5.74) is 0.739. The summed E-state index contributed by atoms with van der Waals surface area (Å²) in [6.45, 7) is 1.87. The first-order valence-corrected chi connectivity index (χ1v) is 7.00. The Bertz CT molecular complexity index is 734. The Morgan fingerprint density at radius 3 is 2.26 bits per heavy atom. The Kier molecular flexibility index (Phi) is 3.66. The lowest BCUT2D eigenvalue weighted by atomic mass is 10.2. The molecule has 5 heteroatoms. The van der Waals surface area contributed by atoms with Gasteiger partial charge in [0.2, 0.25) is 0 Å². The quantitative estimate of drug-likeness (QED) is 0.806. The van der Waals surface area contributed by atoms with E-state index in [4.69, 9.17) is 4.18 Å². The highest BCUT2D eigenvalue weighted by atomic mass is 32.2. The normalized spacial score (nSPS) is 11.0. The molecule has 19 heavy (non-hydrogen) atoms. The van der Waals surface area contributed by atoms with E-state index in [1.165, 1.54) is 42.5 Å². The first-order chi connectivity index (χ1) is 8.97. The molecule has 0 aliphatic carbocycles. The predicted octanol–water partition coefficient (Wildman–Crippen LogP) is 2.12. The fraction of sp³-hybridized carbons (Fsp3) is 0.0714. The number of hydrogen-bond donors (Lipinski definition) is 0. The van der Waals surface area contributed by atoms with Gasteiger partial charge in [-0.3, -0.25) is 4.79 Å². The average molecular weight is 276 g/mol. The van der Waals surface area contributed by atoms with Crippen molar-refractivity contribution in [1.29, 1.82) is 0 Å².